The Hall–Kier alpha value is -2.98. The number of carbonyl (C=O) groups excluding carboxylic acids is 2. The number of anilines is 1. The topological polar surface area (TPSA) is 96.0 Å². The number of carbonyl (C=O) groups is 2. The molecule has 4 rings (SSSR count). The van der Waals surface area contributed by atoms with Crippen LogP contribution in [0.5, 0.6) is 5.75 Å². The zero-order valence-corrected chi connectivity index (χ0v) is 27.0. The van der Waals surface area contributed by atoms with Gasteiger partial charge in [-0.15, -0.1) is 0 Å². The Morgan fingerprint density at radius 2 is 1.63 bits per heavy atom. The number of halogens is 3. The Morgan fingerprint density at radius 3 is 2.26 bits per heavy atom. The normalized spacial score (nSPS) is 14.3. The van der Waals surface area contributed by atoms with Crippen LogP contribution in [0.1, 0.15) is 44.6 Å². The van der Waals surface area contributed by atoms with Gasteiger partial charge in [0.05, 0.1) is 17.7 Å². The minimum atomic E-state index is -4.29. The predicted molar refractivity (Wildman–Crippen MR) is 170 cm³/mol. The first-order valence-electron chi connectivity index (χ1n) is 14.0. The van der Waals surface area contributed by atoms with Crippen molar-refractivity contribution in [2.75, 3.05) is 18.0 Å². The molecule has 8 nitrogen and oxygen atoms in total. The highest BCUT2D eigenvalue weighted by molar-refractivity contribution is 7.92. The second-order valence-corrected chi connectivity index (χ2v) is 13.5. The van der Waals surface area contributed by atoms with Gasteiger partial charge in [0.15, 0.2) is 0 Å². The summed E-state index contributed by atoms with van der Waals surface area (Å²) in [5.41, 5.74) is 0.643. The van der Waals surface area contributed by atoms with Gasteiger partial charge >= 0.3 is 0 Å². The minimum Gasteiger partial charge on any atom is -0.495 e. The van der Waals surface area contributed by atoms with Gasteiger partial charge in [0.1, 0.15) is 18.3 Å². The molecular formula is C31H34Cl3N3O5S. The van der Waals surface area contributed by atoms with Crippen LogP contribution in [0, 0.1) is 0 Å². The Labute approximate surface area is 267 Å². The fourth-order valence-electron chi connectivity index (χ4n) is 5.21. The quantitative estimate of drug-likeness (QED) is 0.232. The average Bonchev–Trinajstić information content (AvgIpc) is 3.50. The lowest BCUT2D eigenvalue weighted by Gasteiger charge is -2.34. The average molecular weight is 667 g/mol. The van der Waals surface area contributed by atoms with Crippen LogP contribution in [0.15, 0.2) is 71.6 Å². The first kappa shape index (κ1) is 32.9. The van der Waals surface area contributed by atoms with Crippen LogP contribution in [0.25, 0.3) is 0 Å². The lowest BCUT2D eigenvalue weighted by molar-refractivity contribution is -0.140. The number of hydrogen-bond acceptors (Lipinski definition) is 5. The monoisotopic (exact) mass is 665 g/mol. The van der Waals surface area contributed by atoms with Crippen molar-refractivity contribution in [2.45, 2.75) is 62.6 Å². The Bertz CT molecular complexity index is 1550. The van der Waals surface area contributed by atoms with E-state index in [4.69, 9.17) is 39.5 Å². The van der Waals surface area contributed by atoms with Gasteiger partial charge < -0.3 is 15.0 Å². The summed E-state index contributed by atoms with van der Waals surface area (Å²) in [7, 11) is -2.89. The van der Waals surface area contributed by atoms with Gasteiger partial charge in [0.2, 0.25) is 11.8 Å². The molecule has 1 saturated carbocycles. The standard InChI is InChI=1S/C31H34Cl3N3O5S/c1-3-27(31(39)35-24-9-7-8-10-24)36(19-21-13-14-22(32)17-26(21)34)30(38)20-37(28-18-23(33)15-16-29(28)42-2)43(40,41)25-11-5-4-6-12-25/h4-6,11-18,24,27H,3,7-10,19-20H2,1-2H3,(H,35,39)/t27-/m0/s1. The molecule has 1 fully saturated rings. The molecule has 2 amide bonds. The molecule has 3 aromatic carbocycles. The van der Waals surface area contributed by atoms with E-state index in [-0.39, 0.29) is 39.8 Å². The summed E-state index contributed by atoms with van der Waals surface area (Å²) < 4.78 is 34.6. The van der Waals surface area contributed by atoms with Crippen LogP contribution in [0.2, 0.25) is 15.1 Å². The first-order chi connectivity index (χ1) is 20.5. The van der Waals surface area contributed by atoms with E-state index in [2.05, 4.69) is 5.32 Å². The van der Waals surface area contributed by atoms with Gasteiger partial charge in [0, 0.05) is 27.7 Å². The molecule has 43 heavy (non-hydrogen) atoms. The summed E-state index contributed by atoms with van der Waals surface area (Å²) >= 11 is 18.9. The van der Waals surface area contributed by atoms with Crippen LogP contribution >= 0.6 is 34.8 Å². The van der Waals surface area contributed by atoms with E-state index in [0.717, 1.165) is 30.0 Å². The number of hydrogen-bond donors (Lipinski definition) is 1. The molecule has 0 spiro atoms. The van der Waals surface area contributed by atoms with E-state index in [1.165, 1.54) is 36.3 Å². The van der Waals surface area contributed by atoms with E-state index in [9.17, 15) is 18.0 Å². The molecule has 3 aromatic rings. The number of nitrogens with one attached hydrogen (secondary N) is 1. The summed E-state index contributed by atoms with van der Waals surface area (Å²) in [5.74, 6) is -0.707. The van der Waals surface area contributed by atoms with E-state index >= 15 is 0 Å². The number of nitrogens with zero attached hydrogens (tertiary/aromatic N) is 2. The molecule has 12 heteroatoms. The summed E-state index contributed by atoms with van der Waals surface area (Å²) in [6, 6.07) is 16.3. The summed E-state index contributed by atoms with van der Waals surface area (Å²) in [6.45, 7) is 1.13. The van der Waals surface area contributed by atoms with Crippen molar-refractivity contribution in [2.24, 2.45) is 0 Å². The number of rotatable bonds is 12. The van der Waals surface area contributed by atoms with Crippen molar-refractivity contribution in [1.82, 2.24) is 10.2 Å². The summed E-state index contributed by atoms with van der Waals surface area (Å²) in [5, 5.41) is 4.08. The second kappa shape index (κ2) is 14.7. The van der Waals surface area contributed by atoms with E-state index < -0.39 is 28.5 Å². The zero-order chi connectivity index (χ0) is 31.1. The Morgan fingerprint density at radius 1 is 0.977 bits per heavy atom. The van der Waals surface area contributed by atoms with Crippen molar-refractivity contribution in [1.29, 1.82) is 0 Å². The third-order valence-electron chi connectivity index (χ3n) is 7.46. The molecule has 1 aliphatic carbocycles. The Kier molecular flexibility index (Phi) is 11.2. The maximum absolute atomic E-state index is 14.3. The fraction of sp³-hybridized carbons (Fsp3) is 0.355. The summed E-state index contributed by atoms with van der Waals surface area (Å²) in [4.78, 5) is 29.3. The lowest BCUT2D eigenvalue weighted by atomic mass is 10.1. The van der Waals surface area contributed by atoms with Crippen LogP contribution in [-0.2, 0) is 26.2 Å². The molecule has 0 saturated heterocycles. The maximum Gasteiger partial charge on any atom is 0.264 e. The lowest BCUT2D eigenvalue weighted by Crippen LogP contribution is -2.53. The van der Waals surface area contributed by atoms with Gasteiger partial charge in [-0.3, -0.25) is 13.9 Å². The van der Waals surface area contributed by atoms with E-state index in [1.807, 2.05) is 0 Å². The van der Waals surface area contributed by atoms with Gasteiger partial charge in [-0.25, -0.2) is 8.42 Å². The summed E-state index contributed by atoms with van der Waals surface area (Å²) in [6.07, 6.45) is 4.09. The molecule has 0 aromatic heterocycles. The molecule has 0 radical (unpaired) electrons. The molecular weight excluding hydrogens is 633 g/mol. The molecule has 0 unspecified atom stereocenters. The Balaban J connectivity index is 1.78. The van der Waals surface area contributed by atoms with Gasteiger partial charge in [-0.2, -0.15) is 0 Å². The van der Waals surface area contributed by atoms with Crippen molar-refractivity contribution in [3.8, 4) is 5.75 Å². The van der Waals surface area contributed by atoms with Crippen LogP contribution in [0.3, 0.4) is 0 Å². The number of amides is 2. The minimum absolute atomic E-state index is 0.0249. The largest absolute Gasteiger partial charge is 0.495 e. The maximum atomic E-state index is 14.3. The molecule has 1 atom stereocenters. The van der Waals surface area contributed by atoms with Crippen LogP contribution < -0.4 is 14.4 Å². The van der Waals surface area contributed by atoms with Crippen LogP contribution in [0.4, 0.5) is 5.69 Å². The molecule has 230 valence electrons. The third-order valence-corrected chi connectivity index (χ3v) is 10.1. The van der Waals surface area contributed by atoms with Gasteiger partial charge in [-0.05, 0) is 67.3 Å². The number of ether oxygens (including phenoxy) is 1. The van der Waals surface area contributed by atoms with Crippen LogP contribution in [-0.4, -0.2) is 50.9 Å². The van der Waals surface area contributed by atoms with Gasteiger partial charge in [-0.1, -0.05) is 78.8 Å². The van der Waals surface area contributed by atoms with E-state index in [0.29, 0.717) is 22.0 Å². The SMILES string of the molecule is CC[C@@H](C(=O)NC1CCCC1)N(Cc1ccc(Cl)cc1Cl)C(=O)CN(c1cc(Cl)ccc1OC)S(=O)(=O)c1ccccc1. The number of sulfonamides is 1. The van der Waals surface area contributed by atoms with Crippen molar-refractivity contribution < 1.29 is 22.7 Å². The van der Waals surface area contributed by atoms with Crippen molar-refractivity contribution in [3.05, 3.63) is 87.4 Å². The third kappa shape index (κ3) is 7.95. The smallest absolute Gasteiger partial charge is 0.264 e. The molecule has 1 N–H and O–H groups in total. The fourth-order valence-corrected chi connectivity index (χ4v) is 7.28. The second-order valence-electron chi connectivity index (χ2n) is 10.3. The highest BCUT2D eigenvalue weighted by Crippen LogP contribution is 2.35. The van der Waals surface area contributed by atoms with Crippen molar-refractivity contribution >= 4 is 62.3 Å². The molecule has 1 aliphatic rings. The molecule has 0 heterocycles. The van der Waals surface area contributed by atoms with Gasteiger partial charge in [0.25, 0.3) is 10.0 Å². The number of methoxy groups -OCH3 is 1. The number of benzene rings is 3. The molecule has 0 aliphatic heterocycles. The van der Waals surface area contributed by atoms with E-state index in [1.54, 1.807) is 49.4 Å². The predicted octanol–water partition coefficient (Wildman–Crippen LogP) is 6.72. The zero-order valence-electron chi connectivity index (χ0n) is 23.9. The first-order valence-corrected chi connectivity index (χ1v) is 16.6. The molecule has 0 bridgehead atoms. The highest BCUT2D eigenvalue weighted by Gasteiger charge is 2.35. The van der Waals surface area contributed by atoms with Crippen molar-refractivity contribution in [3.63, 3.8) is 0 Å². The highest BCUT2D eigenvalue weighted by atomic mass is 35.5.